The zero-order valence-electron chi connectivity index (χ0n) is 9.97. The lowest BCUT2D eigenvalue weighted by molar-refractivity contribution is 1.43. The minimum atomic E-state index is 0.763. The van der Waals surface area contributed by atoms with Crippen LogP contribution >= 0.6 is 11.3 Å². The van der Waals surface area contributed by atoms with E-state index in [4.69, 9.17) is 5.73 Å². The van der Waals surface area contributed by atoms with E-state index in [1.165, 1.54) is 4.70 Å². The summed E-state index contributed by atoms with van der Waals surface area (Å²) >= 11 is 1.64. The summed E-state index contributed by atoms with van der Waals surface area (Å²) in [7, 11) is 0. The van der Waals surface area contributed by atoms with Crippen molar-refractivity contribution >= 4 is 38.6 Å². The standard InChI is InChI=1S/C14H13N3S/c1-9-3-2-4-11(15)14(9)17-10-5-6-12-13(7-10)18-8-16-12/h2-8,17H,15H2,1H3. The average molecular weight is 255 g/mol. The molecule has 1 aromatic heterocycles. The molecule has 3 aromatic rings. The van der Waals surface area contributed by atoms with Gasteiger partial charge in [0.1, 0.15) is 0 Å². The van der Waals surface area contributed by atoms with Crippen molar-refractivity contribution in [3.63, 3.8) is 0 Å². The maximum Gasteiger partial charge on any atom is 0.0813 e. The number of aromatic nitrogens is 1. The third-order valence-corrected chi connectivity index (χ3v) is 3.70. The second kappa shape index (κ2) is 4.31. The molecule has 0 spiro atoms. The topological polar surface area (TPSA) is 50.9 Å². The van der Waals surface area contributed by atoms with Crippen LogP contribution in [0.5, 0.6) is 0 Å². The van der Waals surface area contributed by atoms with E-state index in [-0.39, 0.29) is 0 Å². The highest BCUT2D eigenvalue weighted by Gasteiger charge is 2.04. The maximum absolute atomic E-state index is 5.99. The minimum absolute atomic E-state index is 0.763. The fraction of sp³-hybridized carbons (Fsp3) is 0.0714. The third kappa shape index (κ3) is 1.91. The fourth-order valence-corrected chi connectivity index (χ4v) is 2.65. The van der Waals surface area contributed by atoms with Crippen LogP contribution in [0.15, 0.2) is 41.9 Å². The summed E-state index contributed by atoms with van der Waals surface area (Å²) < 4.78 is 1.17. The first kappa shape index (κ1) is 11.0. The Balaban J connectivity index is 2.00. The van der Waals surface area contributed by atoms with Crippen LogP contribution in [0, 0.1) is 6.92 Å². The number of anilines is 3. The van der Waals surface area contributed by atoms with Gasteiger partial charge in [-0.15, -0.1) is 11.3 Å². The van der Waals surface area contributed by atoms with Gasteiger partial charge in [0, 0.05) is 5.69 Å². The number of benzene rings is 2. The first-order valence-corrected chi connectivity index (χ1v) is 6.57. The molecule has 0 amide bonds. The monoisotopic (exact) mass is 255 g/mol. The number of nitrogens with zero attached hydrogens (tertiary/aromatic N) is 1. The molecule has 3 nitrogen and oxygen atoms in total. The molecule has 3 N–H and O–H groups in total. The van der Waals surface area contributed by atoms with Gasteiger partial charge >= 0.3 is 0 Å². The average Bonchev–Trinajstić information content (AvgIpc) is 2.81. The number of rotatable bonds is 2. The van der Waals surface area contributed by atoms with E-state index in [1.807, 2.05) is 42.8 Å². The molecule has 2 aromatic carbocycles. The first-order valence-electron chi connectivity index (χ1n) is 5.69. The number of fused-ring (bicyclic) bond motifs is 1. The minimum Gasteiger partial charge on any atom is -0.397 e. The molecule has 0 atom stereocenters. The Labute approximate surface area is 109 Å². The maximum atomic E-state index is 5.99. The van der Waals surface area contributed by atoms with Gasteiger partial charge in [-0.05, 0) is 36.8 Å². The highest BCUT2D eigenvalue weighted by atomic mass is 32.1. The summed E-state index contributed by atoms with van der Waals surface area (Å²) in [5.74, 6) is 0. The van der Waals surface area contributed by atoms with Crippen LogP contribution < -0.4 is 11.1 Å². The van der Waals surface area contributed by atoms with Gasteiger partial charge in [0.15, 0.2) is 0 Å². The van der Waals surface area contributed by atoms with Crippen molar-refractivity contribution in [1.29, 1.82) is 0 Å². The molecule has 0 radical (unpaired) electrons. The number of hydrogen-bond donors (Lipinski definition) is 2. The summed E-state index contributed by atoms with van der Waals surface area (Å²) in [4.78, 5) is 4.27. The Bertz CT molecular complexity index is 683. The number of aryl methyl sites for hydroxylation is 1. The van der Waals surface area contributed by atoms with Crippen LogP contribution in [-0.2, 0) is 0 Å². The Morgan fingerprint density at radius 1 is 1.22 bits per heavy atom. The molecule has 0 saturated heterocycles. The Morgan fingerprint density at radius 3 is 2.94 bits per heavy atom. The van der Waals surface area contributed by atoms with E-state index < -0.39 is 0 Å². The van der Waals surface area contributed by atoms with Crippen molar-refractivity contribution in [3.05, 3.63) is 47.5 Å². The van der Waals surface area contributed by atoms with Crippen LogP contribution in [0.3, 0.4) is 0 Å². The van der Waals surface area contributed by atoms with Gasteiger partial charge in [-0.1, -0.05) is 12.1 Å². The van der Waals surface area contributed by atoms with E-state index >= 15 is 0 Å². The molecule has 0 aliphatic carbocycles. The van der Waals surface area contributed by atoms with Crippen LogP contribution in [0.1, 0.15) is 5.56 Å². The zero-order chi connectivity index (χ0) is 12.5. The lowest BCUT2D eigenvalue weighted by Crippen LogP contribution is -1.98. The fourth-order valence-electron chi connectivity index (χ4n) is 1.94. The second-order valence-corrected chi connectivity index (χ2v) is 5.09. The molecule has 0 aliphatic heterocycles. The van der Waals surface area contributed by atoms with Crippen molar-refractivity contribution in [2.24, 2.45) is 0 Å². The normalized spacial score (nSPS) is 10.7. The number of hydrogen-bond acceptors (Lipinski definition) is 4. The van der Waals surface area contributed by atoms with Crippen molar-refractivity contribution in [1.82, 2.24) is 4.98 Å². The summed E-state index contributed by atoms with van der Waals surface area (Å²) in [5.41, 5.74) is 12.8. The quantitative estimate of drug-likeness (QED) is 0.682. The molecule has 0 unspecified atom stereocenters. The van der Waals surface area contributed by atoms with Gasteiger partial charge in [0.2, 0.25) is 0 Å². The number of nitrogens with two attached hydrogens (primary N) is 1. The highest BCUT2D eigenvalue weighted by Crippen LogP contribution is 2.29. The molecule has 1 heterocycles. The van der Waals surface area contributed by atoms with Crippen molar-refractivity contribution in [3.8, 4) is 0 Å². The predicted octanol–water partition coefficient (Wildman–Crippen LogP) is 3.93. The van der Waals surface area contributed by atoms with Gasteiger partial charge in [-0.25, -0.2) is 4.98 Å². The third-order valence-electron chi connectivity index (χ3n) is 2.91. The number of thiazole rings is 1. The summed E-state index contributed by atoms with van der Waals surface area (Å²) in [5, 5.41) is 3.38. The van der Waals surface area contributed by atoms with E-state index in [0.29, 0.717) is 0 Å². The van der Waals surface area contributed by atoms with Crippen molar-refractivity contribution in [2.75, 3.05) is 11.1 Å². The largest absolute Gasteiger partial charge is 0.397 e. The summed E-state index contributed by atoms with van der Waals surface area (Å²) in [6.07, 6.45) is 0. The van der Waals surface area contributed by atoms with Crippen LogP contribution in [0.4, 0.5) is 17.1 Å². The Hall–Kier alpha value is -2.07. The number of para-hydroxylation sites is 1. The van der Waals surface area contributed by atoms with Crippen LogP contribution in [0.25, 0.3) is 10.2 Å². The molecule has 90 valence electrons. The molecule has 4 heteroatoms. The van der Waals surface area contributed by atoms with Crippen molar-refractivity contribution in [2.45, 2.75) is 6.92 Å². The molecule has 0 fully saturated rings. The summed E-state index contributed by atoms with van der Waals surface area (Å²) in [6.45, 7) is 2.05. The van der Waals surface area contributed by atoms with E-state index in [1.54, 1.807) is 11.3 Å². The molecule has 3 rings (SSSR count). The van der Waals surface area contributed by atoms with Gasteiger partial charge in [0.25, 0.3) is 0 Å². The predicted molar refractivity (Wildman–Crippen MR) is 78.5 cm³/mol. The first-order chi connectivity index (χ1) is 8.74. The highest BCUT2D eigenvalue weighted by molar-refractivity contribution is 7.16. The van der Waals surface area contributed by atoms with Crippen LogP contribution in [-0.4, -0.2) is 4.98 Å². The number of nitrogen functional groups attached to an aromatic ring is 1. The lowest BCUT2D eigenvalue weighted by Gasteiger charge is -2.12. The molecular weight excluding hydrogens is 242 g/mol. The van der Waals surface area contributed by atoms with Crippen LogP contribution in [0.2, 0.25) is 0 Å². The molecule has 0 aliphatic rings. The molecular formula is C14H13N3S. The van der Waals surface area contributed by atoms with Gasteiger partial charge < -0.3 is 11.1 Å². The Kier molecular flexibility index (Phi) is 2.64. The number of nitrogens with one attached hydrogen (secondary N) is 1. The second-order valence-electron chi connectivity index (χ2n) is 4.20. The Morgan fingerprint density at radius 2 is 2.11 bits per heavy atom. The molecule has 18 heavy (non-hydrogen) atoms. The van der Waals surface area contributed by atoms with E-state index in [2.05, 4.69) is 16.4 Å². The summed E-state index contributed by atoms with van der Waals surface area (Å²) in [6, 6.07) is 12.0. The van der Waals surface area contributed by atoms with Gasteiger partial charge in [0.05, 0.1) is 27.1 Å². The molecule has 0 saturated carbocycles. The SMILES string of the molecule is Cc1cccc(N)c1Nc1ccc2ncsc2c1. The lowest BCUT2D eigenvalue weighted by atomic mass is 10.1. The van der Waals surface area contributed by atoms with Gasteiger partial charge in [-0.3, -0.25) is 0 Å². The zero-order valence-corrected chi connectivity index (χ0v) is 10.8. The van der Waals surface area contributed by atoms with E-state index in [9.17, 15) is 0 Å². The van der Waals surface area contributed by atoms with Gasteiger partial charge in [-0.2, -0.15) is 0 Å². The van der Waals surface area contributed by atoms with E-state index in [0.717, 1.165) is 28.1 Å². The van der Waals surface area contributed by atoms with Crippen molar-refractivity contribution < 1.29 is 0 Å². The smallest absolute Gasteiger partial charge is 0.0813 e. The molecule has 0 bridgehead atoms.